The molecule has 2 unspecified atom stereocenters. The van der Waals surface area contributed by atoms with Crippen LogP contribution in [0.2, 0.25) is 0 Å². The molecule has 7 nitrogen and oxygen atoms in total. The van der Waals surface area contributed by atoms with E-state index in [1.165, 1.54) is 0 Å². The lowest BCUT2D eigenvalue weighted by atomic mass is 9.98. The number of nitrogens with zero attached hydrogens (tertiary/aromatic N) is 3. The van der Waals surface area contributed by atoms with Crippen molar-refractivity contribution in [1.29, 1.82) is 0 Å². The van der Waals surface area contributed by atoms with E-state index in [4.69, 9.17) is 9.84 Å². The van der Waals surface area contributed by atoms with Crippen LogP contribution in [0.15, 0.2) is 78.9 Å². The van der Waals surface area contributed by atoms with E-state index in [1.54, 1.807) is 16.7 Å². The summed E-state index contributed by atoms with van der Waals surface area (Å²) in [7, 11) is 0. The lowest BCUT2D eigenvalue weighted by molar-refractivity contribution is -0.123. The zero-order valence-electron chi connectivity index (χ0n) is 23.4. The van der Waals surface area contributed by atoms with Gasteiger partial charge in [-0.15, -0.1) is 11.8 Å². The average Bonchev–Trinajstić information content (AvgIpc) is 3.61. The molecule has 1 aromatic heterocycles. The van der Waals surface area contributed by atoms with Crippen LogP contribution >= 0.6 is 11.8 Å². The second-order valence-corrected chi connectivity index (χ2v) is 11.8. The maximum atomic E-state index is 13.9. The van der Waals surface area contributed by atoms with E-state index >= 15 is 0 Å². The summed E-state index contributed by atoms with van der Waals surface area (Å²) in [6, 6.07) is 26.6. The number of fused-ring (bicyclic) bond motifs is 1. The van der Waals surface area contributed by atoms with E-state index in [0.717, 1.165) is 58.6 Å². The van der Waals surface area contributed by atoms with Gasteiger partial charge in [0.05, 0.1) is 28.5 Å². The summed E-state index contributed by atoms with van der Waals surface area (Å²) in [6.07, 6.45) is 1.96. The summed E-state index contributed by atoms with van der Waals surface area (Å²) >= 11 is 1.59. The Hall–Kier alpha value is -3.88. The van der Waals surface area contributed by atoms with E-state index in [9.17, 15) is 9.59 Å². The lowest BCUT2D eigenvalue weighted by Gasteiger charge is -2.23. The van der Waals surface area contributed by atoms with Crippen LogP contribution in [0.1, 0.15) is 40.3 Å². The van der Waals surface area contributed by atoms with Crippen LogP contribution in [0.25, 0.3) is 16.9 Å². The number of amides is 2. The van der Waals surface area contributed by atoms with Crippen LogP contribution < -0.4 is 10.2 Å². The molecule has 6 rings (SSSR count). The molecule has 41 heavy (non-hydrogen) atoms. The Morgan fingerprint density at radius 2 is 1.80 bits per heavy atom. The molecule has 4 aromatic rings. The van der Waals surface area contributed by atoms with E-state index in [-0.39, 0.29) is 35.5 Å². The molecule has 1 N–H and O–H groups in total. The monoisotopic (exact) mass is 566 g/mol. The van der Waals surface area contributed by atoms with E-state index in [2.05, 4.69) is 42.6 Å². The minimum absolute atomic E-state index is 0.0260. The van der Waals surface area contributed by atoms with Crippen molar-refractivity contribution in [2.75, 3.05) is 30.3 Å². The van der Waals surface area contributed by atoms with Gasteiger partial charge in [0.25, 0.3) is 0 Å². The molecule has 2 amide bonds. The van der Waals surface area contributed by atoms with Gasteiger partial charge in [-0.05, 0) is 49.9 Å². The number of aryl methyl sites for hydroxylation is 2. The molecule has 3 aromatic carbocycles. The Kier molecular flexibility index (Phi) is 7.94. The predicted octanol–water partition coefficient (Wildman–Crippen LogP) is 5.62. The van der Waals surface area contributed by atoms with Gasteiger partial charge in [0.2, 0.25) is 11.8 Å². The van der Waals surface area contributed by atoms with Crippen molar-refractivity contribution in [1.82, 2.24) is 15.1 Å². The number of hydrogen-bond donors (Lipinski definition) is 1. The molecule has 210 valence electrons. The smallest absolute Gasteiger partial charge is 0.240 e. The Bertz CT molecular complexity index is 1560. The lowest BCUT2D eigenvalue weighted by Crippen LogP contribution is -2.44. The van der Waals surface area contributed by atoms with Gasteiger partial charge < -0.3 is 10.1 Å². The first-order valence-electron chi connectivity index (χ1n) is 14.1. The van der Waals surface area contributed by atoms with Gasteiger partial charge in [-0.1, -0.05) is 72.3 Å². The number of rotatable bonds is 7. The van der Waals surface area contributed by atoms with Gasteiger partial charge in [0.1, 0.15) is 12.4 Å². The first kappa shape index (κ1) is 27.3. The fourth-order valence-corrected chi connectivity index (χ4v) is 6.78. The molecule has 0 aliphatic carbocycles. The molecule has 2 aliphatic heterocycles. The second kappa shape index (κ2) is 11.9. The number of carbonyl (C=O) groups is 2. The summed E-state index contributed by atoms with van der Waals surface area (Å²) in [4.78, 5) is 28.8. The summed E-state index contributed by atoms with van der Waals surface area (Å²) in [5, 5.41) is 8.03. The zero-order valence-corrected chi connectivity index (χ0v) is 24.2. The third-order valence-corrected chi connectivity index (χ3v) is 8.83. The summed E-state index contributed by atoms with van der Waals surface area (Å²) in [5.41, 5.74) is 6.89. The van der Waals surface area contributed by atoms with Crippen molar-refractivity contribution in [2.24, 2.45) is 0 Å². The van der Waals surface area contributed by atoms with Crippen LogP contribution in [-0.2, 0) is 14.3 Å². The van der Waals surface area contributed by atoms with Crippen LogP contribution in [0, 0.1) is 13.8 Å². The maximum absolute atomic E-state index is 13.9. The highest BCUT2D eigenvalue weighted by atomic mass is 32.2. The fourth-order valence-electron chi connectivity index (χ4n) is 5.60. The van der Waals surface area contributed by atoms with Crippen molar-refractivity contribution in [3.8, 4) is 16.9 Å². The van der Waals surface area contributed by atoms with Gasteiger partial charge in [0.15, 0.2) is 0 Å². The van der Waals surface area contributed by atoms with Gasteiger partial charge in [-0.25, -0.2) is 4.68 Å². The number of anilines is 1. The van der Waals surface area contributed by atoms with Gasteiger partial charge >= 0.3 is 0 Å². The normalized spacial score (nSPS) is 18.7. The number of thioether (sulfide) groups is 1. The second-order valence-electron chi connectivity index (χ2n) is 10.7. The average molecular weight is 567 g/mol. The highest BCUT2D eigenvalue weighted by Gasteiger charge is 2.37. The SMILES string of the molecule is Cc1cccc(C2SCC(=O)N(CC(=O)NCC3CCCO3)c3c2c(-c2ccccc2)nn3-c2cccc(C)c2)c1. The molecule has 3 heterocycles. The van der Waals surface area contributed by atoms with Crippen LogP contribution in [0.3, 0.4) is 0 Å². The van der Waals surface area contributed by atoms with Gasteiger partial charge in [0, 0.05) is 24.3 Å². The first-order valence-corrected chi connectivity index (χ1v) is 15.1. The molecule has 0 saturated carbocycles. The van der Waals surface area contributed by atoms with Crippen LogP contribution in [0.5, 0.6) is 0 Å². The Balaban J connectivity index is 1.52. The van der Waals surface area contributed by atoms with Gasteiger partial charge in [-0.3, -0.25) is 14.5 Å². The Labute approximate surface area is 244 Å². The number of aromatic nitrogens is 2. The molecular weight excluding hydrogens is 532 g/mol. The number of ether oxygens (including phenoxy) is 1. The summed E-state index contributed by atoms with van der Waals surface area (Å²) < 4.78 is 7.54. The molecule has 0 radical (unpaired) electrons. The number of hydrogen-bond acceptors (Lipinski definition) is 5. The molecular formula is C33H34N4O3S. The number of benzene rings is 3. The highest BCUT2D eigenvalue weighted by molar-refractivity contribution is 8.00. The van der Waals surface area contributed by atoms with Crippen LogP contribution in [-0.4, -0.2) is 53.1 Å². The third-order valence-electron chi connectivity index (χ3n) is 7.58. The van der Waals surface area contributed by atoms with Crippen molar-refractivity contribution < 1.29 is 14.3 Å². The number of nitrogens with one attached hydrogen (secondary N) is 1. The Morgan fingerprint density at radius 1 is 1.02 bits per heavy atom. The van der Waals surface area contributed by atoms with E-state index < -0.39 is 0 Å². The first-order chi connectivity index (χ1) is 20.0. The minimum Gasteiger partial charge on any atom is -0.376 e. The molecule has 1 fully saturated rings. The quantitative estimate of drug-likeness (QED) is 0.314. The fraction of sp³-hybridized carbons (Fsp3) is 0.303. The molecule has 0 spiro atoms. The zero-order chi connectivity index (χ0) is 28.3. The standard InChI is InChI=1S/C33H34N4O3S/c1-22-9-6-13-25(17-22)32-30-31(24-11-4-3-5-12-24)35-37(26-14-7-10-23(2)18-26)33(30)36(29(39)21-41-32)20-28(38)34-19-27-15-8-16-40-27/h3-7,9-14,17-18,27,32H,8,15-16,19-21H2,1-2H3,(H,34,38). The van der Waals surface area contributed by atoms with Crippen LogP contribution in [0.4, 0.5) is 5.82 Å². The van der Waals surface area contributed by atoms with Crippen molar-refractivity contribution >= 4 is 29.4 Å². The molecule has 2 aliphatic rings. The molecule has 8 heteroatoms. The molecule has 1 saturated heterocycles. The predicted molar refractivity (Wildman–Crippen MR) is 164 cm³/mol. The number of carbonyl (C=O) groups excluding carboxylic acids is 2. The van der Waals surface area contributed by atoms with Crippen molar-refractivity contribution in [3.05, 3.63) is 101 Å². The van der Waals surface area contributed by atoms with Gasteiger partial charge in [-0.2, -0.15) is 5.10 Å². The Morgan fingerprint density at radius 3 is 2.54 bits per heavy atom. The summed E-state index contributed by atoms with van der Waals surface area (Å²) in [5.74, 6) is 0.557. The molecule has 0 bridgehead atoms. The van der Waals surface area contributed by atoms with E-state index in [0.29, 0.717) is 12.4 Å². The largest absolute Gasteiger partial charge is 0.376 e. The van der Waals surface area contributed by atoms with Crippen molar-refractivity contribution in [3.63, 3.8) is 0 Å². The third kappa shape index (κ3) is 5.80. The minimum atomic E-state index is -0.211. The molecule has 2 atom stereocenters. The van der Waals surface area contributed by atoms with E-state index in [1.807, 2.05) is 60.1 Å². The topological polar surface area (TPSA) is 76.5 Å². The summed E-state index contributed by atoms with van der Waals surface area (Å²) in [6.45, 7) is 5.20. The maximum Gasteiger partial charge on any atom is 0.240 e. The highest BCUT2D eigenvalue weighted by Crippen LogP contribution is 2.48. The van der Waals surface area contributed by atoms with Crippen molar-refractivity contribution in [2.45, 2.75) is 38.0 Å².